The van der Waals surface area contributed by atoms with E-state index in [0.717, 1.165) is 36.3 Å². The fraction of sp³-hybridized carbons (Fsp3) is 0.400. The minimum absolute atomic E-state index is 0.0771. The van der Waals surface area contributed by atoms with Crippen molar-refractivity contribution in [3.05, 3.63) is 58.5 Å². The number of hydrogen-bond donors (Lipinski definition) is 0. The maximum atomic E-state index is 12.5. The summed E-state index contributed by atoms with van der Waals surface area (Å²) in [4.78, 5) is 26.9. The second-order valence-electron chi connectivity index (χ2n) is 6.98. The van der Waals surface area contributed by atoms with Crippen LogP contribution in [0, 0.1) is 5.92 Å². The van der Waals surface area contributed by atoms with E-state index in [1.54, 1.807) is 17.8 Å². The number of thioether (sulfide) groups is 1. The second-order valence-corrected chi connectivity index (χ2v) is 7.84. The second kappa shape index (κ2) is 6.71. The van der Waals surface area contributed by atoms with Crippen molar-refractivity contribution in [3.63, 3.8) is 0 Å². The predicted molar refractivity (Wildman–Crippen MR) is 102 cm³/mol. The van der Waals surface area contributed by atoms with Gasteiger partial charge in [0.25, 0.3) is 5.56 Å². The number of hydrogen-bond acceptors (Lipinski definition) is 3. The summed E-state index contributed by atoms with van der Waals surface area (Å²) in [6, 6.07) is 13.9. The third-order valence-corrected chi connectivity index (χ3v) is 5.83. The first-order valence-corrected chi connectivity index (χ1v) is 10.1. The van der Waals surface area contributed by atoms with E-state index in [4.69, 9.17) is 0 Å². The smallest absolute Gasteiger partial charge is 0.250 e. The SMILES string of the molecule is CSCC(=O)N1CC2CC(C1)c1c(-c3ccccc3)ccc(=O)n1C2. The molecule has 0 spiro atoms. The van der Waals surface area contributed by atoms with Crippen LogP contribution in [0.3, 0.4) is 0 Å². The standard InChI is InChI=1S/C20H22N2O2S/c1-25-13-19(24)21-10-14-9-16(12-21)20-17(15-5-3-2-4-6-15)7-8-18(23)22(20)11-14/h2-8,14,16H,9-13H2,1H3. The predicted octanol–water partition coefficient (Wildman–Crippen LogP) is 2.82. The van der Waals surface area contributed by atoms with Crippen LogP contribution >= 0.6 is 11.8 Å². The number of pyridine rings is 1. The lowest BCUT2D eigenvalue weighted by Crippen LogP contribution is -2.49. The Hall–Kier alpha value is -2.01. The zero-order valence-electron chi connectivity index (χ0n) is 14.4. The molecule has 4 rings (SSSR count). The Labute approximate surface area is 151 Å². The van der Waals surface area contributed by atoms with Crippen LogP contribution < -0.4 is 5.56 Å². The molecule has 0 N–H and O–H groups in total. The highest BCUT2D eigenvalue weighted by Crippen LogP contribution is 2.39. The number of fused-ring (bicyclic) bond motifs is 4. The van der Waals surface area contributed by atoms with Gasteiger partial charge in [-0.25, -0.2) is 0 Å². The molecule has 130 valence electrons. The van der Waals surface area contributed by atoms with Crippen LogP contribution in [0.5, 0.6) is 0 Å². The molecule has 25 heavy (non-hydrogen) atoms. The number of carbonyl (C=O) groups is 1. The van der Waals surface area contributed by atoms with Gasteiger partial charge in [-0.05, 0) is 30.2 Å². The maximum absolute atomic E-state index is 12.5. The van der Waals surface area contributed by atoms with Crippen molar-refractivity contribution in [2.45, 2.75) is 18.9 Å². The fourth-order valence-electron chi connectivity index (χ4n) is 4.30. The Morgan fingerprint density at radius 2 is 1.92 bits per heavy atom. The number of aromatic nitrogens is 1. The topological polar surface area (TPSA) is 42.3 Å². The zero-order valence-corrected chi connectivity index (χ0v) is 15.2. The monoisotopic (exact) mass is 354 g/mol. The van der Waals surface area contributed by atoms with Gasteiger partial charge in [-0.2, -0.15) is 11.8 Å². The quantitative estimate of drug-likeness (QED) is 0.851. The summed E-state index contributed by atoms with van der Waals surface area (Å²) in [7, 11) is 0. The van der Waals surface area contributed by atoms with Gasteiger partial charge >= 0.3 is 0 Å². The van der Waals surface area contributed by atoms with Gasteiger partial charge < -0.3 is 9.47 Å². The first-order valence-electron chi connectivity index (χ1n) is 8.73. The molecular weight excluding hydrogens is 332 g/mol. The largest absolute Gasteiger partial charge is 0.341 e. The lowest BCUT2D eigenvalue weighted by Gasteiger charge is -2.43. The van der Waals surface area contributed by atoms with Gasteiger partial charge in [0.1, 0.15) is 0 Å². The van der Waals surface area contributed by atoms with Gasteiger partial charge in [0.2, 0.25) is 5.91 Å². The van der Waals surface area contributed by atoms with Crippen LogP contribution in [-0.4, -0.2) is 40.5 Å². The number of carbonyl (C=O) groups excluding carboxylic acids is 1. The first kappa shape index (κ1) is 16.5. The van der Waals surface area contributed by atoms with Crippen LogP contribution in [0.15, 0.2) is 47.3 Å². The van der Waals surface area contributed by atoms with Crippen LogP contribution in [0.1, 0.15) is 18.0 Å². The number of nitrogens with zero attached hydrogens (tertiary/aromatic N) is 2. The Morgan fingerprint density at radius 1 is 1.12 bits per heavy atom. The molecule has 3 heterocycles. The van der Waals surface area contributed by atoms with E-state index in [-0.39, 0.29) is 17.4 Å². The average molecular weight is 354 g/mol. The molecule has 2 aromatic rings. The first-order chi connectivity index (χ1) is 12.2. The van der Waals surface area contributed by atoms with Gasteiger partial charge in [-0.15, -0.1) is 0 Å². The molecule has 1 saturated heterocycles. The molecule has 1 aromatic heterocycles. The average Bonchev–Trinajstić information content (AvgIpc) is 2.63. The van der Waals surface area contributed by atoms with Crippen LogP contribution in [-0.2, 0) is 11.3 Å². The van der Waals surface area contributed by atoms with Crippen molar-refractivity contribution < 1.29 is 4.79 Å². The van der Waals surface area contributed by atoms with E-state index < -0.39 is 0 Å². The lowest BCUT2D eigenvalue weighted by molar-refractivity contribution is -0.131. The summed E-state index contributed by atoms with van der Waals surface area (Å²) in [5.74, 6) is 1.37. The van der Waals surface area contributed by atoms with Crippen molar-refractivity contribution in [2.75, 3.05) is 25.1 Å². The number of rotatable bonds is 3. The number of likely N-dealkylation sites (tertiary alicyclic amines) is 1. The van der Waals surface area contributed by atoms with E-state index in [1.165, 1.54) is 0 Å². The molecule has 0 aliphatic carbocycles. The number of amides is 1. The van der Waals surface area contributed by atoms with Gasteiger partial charge in [0, 0.05) is 42.9 Å². The molecule has 1 amide bonds. The van der Waals surface area contributed by atoms with Gasteiger partial charge in [-0.1, -0.05) is 30.3 Å². The summed E-state index contributed by atoms with van der Waals surface area (Å²) in [6.07, 6.45) is 3.03. The molecule has 2 unspecified atom stereocenters. The van der Waals surface area contributed by atoms with E-state index in [2.05, 4.69) is 12.1 Å². The summed E-state index contributed by atoms with van der Waals surface area (Å²) >= 11 is 1.57. The van der Waals surface area contributed by atoms with E-state index in [9.17, 15) is 9.59 Å². The molecule has 0 radical (unpaired) electrons. The van der Waals surface area contributed by atoms with Gasteiger partial charge in [-0.3, -0.25) is 9.59 Å². The Balaban J connectivity index is 1.77. The van der Waals surface area contributed by atoms with Crippen molar-refractivity contribution in [1.29, 1.82) is 0 Å². The Bertz CT molecular complexity index is 847. The molecule has 4 nitrogen and oxygen atoms in total. The van der Waals surface area contributed by atoms with Crippen LogP contribution in [0.25, 0.3) is 11.1 Å². The number of benzene rings is 1. The minimum Gasteiger partial charge on any atom is -0.341 e. The Kier molecular flexibility index (Phi) is 4.42. The molecule has 5 heteroatoms. The van der Waals surface area contributed by atoms with Crippen molar-refractivity contribution in [1.82, 2.24) is 9.47 Å². The third kappa shape index (κ3) is 3.01. The highest BCUT2D eigenvalue weighted by Gasteiger charge is 2.37. The van der Waals surface area contributed by atoms with Crippen LogP contribution in [0.4, 0.5) is 0 Å². The lowest BCUT2D eigenvalue weighted by atomic mass is 9.80. The molecule has 2 aliphatic heterocycles. The van der Waals surface area contributed by atoms with E-state index in [1.807, 2.05) is 40.0 Å². The highest BCUT2D eigenvalue weighted by atomic mass is 32.2. The summed E-state index contributed by atoms with van der Waals surface area (Å²) < 4.78 is 1.96. The molecular formula is C20H22N2O2S. The Morgan fingerprint density at radius 3 is 2.68 bits per heavy atom. The maximum Gasteiger partial charge on any atom is 0.250 e. The van der Waals surface area contributed by atoms with Gasteiger partial charge in [0.15, 0.2) is 0 Å². The third-order valence-electron chi connectivity index (χ3n) is 5.30. The zero-order chi connectivity index (χ0) is 17.4. The van der Waals surface area contributed by atoms with Crippen LogP contribution in [0.2, 0.25) is 0 Å². The highest BCUT2D eigenvalue weighted by molar-refractivity contribution is 7.99. The van der Waals surface area contributed by atoms with E-state index in [0.29, 0.717) is 18.2 Å². The van der Waals surface area contributed by atoms with E-state index >= 15 is 0 Å². The summed E-state index contributed by atoms with van der Waals surface area (Å²) in [6.45, 7) is 2.21. The minimum atomic E-state index is 0.0771. The van der Waals surface area contributed by atoms with Crippen molar-refractivity contribution in [3.8, 4) is 11.1 Å². The summed E-state index contributed by atoms with van der Waals surface area (Å²) in [5, 5.41) is 0. The normalized spacial score (nSPS) is 21.7. The molecule has 2 atom stereocenters. The molecule has 0 saturated carbocycles. The fourth-order valence-corrected chi connectivity index (χ4v) is 4.72. The van der Waals surface area contributed by atoms with Gasteiger partial charge in [0.05, 0.1) is 5.75 Å². The molecule has 1 fully saturated rings. The van der Waals surface area contributed by atoms with Crippen molar-refractivity contribution in [2.24, 2.45) is 5.92 Å². The molecule has 2 bridgehead atoms. The molecule has 2 aliphatic rings. The van der Waals surface area contributed by atoms with Crippen molar-refractivity contribution >= 4 is 17.7 Å². The molecule has 1 aromatic carbocycles. The number of piperidine rings is 1. The summed E-state index contributed by atoms with van der Waals surface area (Å²) in [5.41, 5.74) is 3.45.